The molecular formula is C16H14ClN3O. The first kappa shape index (κ1) is 13.6. The fraction of sp³-hybridized carbons (Fsp3) is 0.125. The van der Waals surface area contributed by atoms with Gasteiger partial charge in [-0.2, -0.15) is 0 Å². The van der Waals surface area contributed by atoms with Gasteiger partial charge in [0, 0.05) is 24.0 Å². The van der Waals surface area contributed by atoms with Gasteiger partial charge in [0.05, 0.1) is 12.1 Å². The number of hydrogen-bond donors (Lipinski definition) is 1. The molecule has 0 atom stereocenters. The van der Waals surface area contributed by atoms with Crippen LogP contribution in [-0.4, -0.2) is 15.3 Å². The molecule has 21 heavy (non-hydrogen) atoms. The van der Waals surface area contributed by atoms with Gasteiger partial charge in [0.25, 0.3) is 0 Å². The highest BCUT2D eigenvalue weighted by Crippen LogP contribution is 2.09. The maximum Gasteiger partial charge on any atom is 0.226 e. The third-order valence-electron chi connectivity index (χ3n) is 3.16. The van der Waals surface area contributed by atoms with Crippen LogP contribution in [0.15, 0.2) is 54.9 Å². The second-order valence-corrected chi connectivity index (χ2v) is 5.21. The zero-order valence-corrected chi connectivity index (χ0v) is 12.0. The van der Waals surface area contributed by atoms with Crippen LogP contribution in [0.25, 0.3) is 5.65 Å². The summed E-state index contributed by atoms with van der Waals surface area (Å²) >= 11 is 5.82. The minimum Gasteiger partial charge on any atom is -0.352 e. The summed E-state index contributed by atoms with van der Waals surface area (Å²) in [5, 5.41) is 3.57. The Morgan fingerprint density at radius 3 is 2.76 bits per heavy atom. The number of amides is 1. The number of hydrogen-bond acceptors (Lipinski definition) is 2. The molecular weight excluding hydrogens is 286 g/mol. The average Bonchev–Trinajstić information content (AvgIpc) is 2.88. The molecule has 1 N–H and O–H groups in total. The molecule has 0 saturated carbocycles. The lowest BCUT2D eigenvalue weighted by Gasteiger charge is -2.04. The van der Waals surface area contributed by atoms with E-state index in [0.717, 1.165) is 16.9 Å². The summed E-state index contributed by atoms with van der Waals surface area (Å²) in [6, 6.07) is 13.2. The first-order valence-electron chi connectivity index (χ1n) is 6.64. The molecule has 5 heteroatoms. The van der Waals surface area contributed by atoms with E-state index in [4.69, 9.17) is 11.6 Å². The summed E-state index contributed by atoms with van der Waals surface area (Å²) in [7, 11) is 0. The SMILES string of the molecule is O=C(Cc1cn2ccccc2n1)NCc1ccc(Cl)cc1. The Balaban J connectivity index is 1.59. The molecule has 0 fully saturated rings. The number of imidazole rings is 1. The van der Waals surface area contributed by atoms with Crippen LogP contribution in [-0.2, 0) is 17.8 Å². The van der Waals surface area contributed by atoms with E-state index in [1.807, 2.05) is 59.3 Å². The lowest BCUT2D eigenvalue weighted by atomic mass is 10.2. The van der Waals surface area contributed by atoms with Gasteiger partial charge in [0.15, 0.2) is 0 Å². The number of nitrogens with zero attached hydrogens (tertiary/aromatic N) is 2. The Labute approximate surface area is 127 Å². The van der Waals surface area contributed by atoms with Gasteiger partial charge in [-0.1, -0.05) is 29.8 Å². The van der Waals surface area contributed by atoms with Gasteiger partial charge >= 0.3 is 0 Å². The van der Waals surface area contributed by atoms with Crippen molar-refractivity contribution >= 4 is 23.2 Å². The van der Waals surface area contributed by atoms with Crippen molar-refractivity contribution in [2.75, 3.05) is 0 Å². The molecule has 0 aliphatic rings. The Morgan fingerprint density at radius 1 is 1.19 bits per heavy atom. The number of nitrogens with one attached hydrogen (secondary N) is 1. The number of carbonyl (C=O) groups excluding carboxylic acids is 1. The first-order valence-corrected chi connectivity index (χ1v) is 7.02. The lowest BCUT2D eigenvalue weighted by Crippen LogP contribution is -2.24. The van der Waals surface area contributed by atoms with Crippen molar-refractivity contribution in [1.82, 2.24) is 14.7 Å². The Bertz CT molecular complexity index is 732. The molecule has 3 aromatic rings. The van der Waals surface area contributed by atoms with Crippen molar-refractivity contribution in [1.29, 1.82) is 0 Å². The number of aromatic nitrogens is 2. The van der Waals surface area contributed by atoms with Crippen LogP contribution in [0.2, 0.25) is 5.02 Å². The summed E-state index contributed by atoms with van der Waals surface area (Å²) in [5.41, 5.74) is 2.62. The minimum absolute atomic E-state index is 0.0478. The van der Waals surface area contributed by atoms with E-state index in [2.05, 4.69) is 10.3 Å². The predicted octanol–water partition coefficient (Wildman–Crippen LogP) is 2.85. The first-order chi connectivity index (χ1) is 10.2. The molecule has 106 valence electrons. The average molecular weight is 300 g/mol. The van der Waals surface area contributed by atoms with E-state index in [1.54, 1.807) is 0 Å². The van der Waals surface area contributed by atoms with Gasteiger partial charge in [-0.25, -0.2) is 4.98 Å². The smallest absolute Gasteiger partial charge is 0.226 e. The van der Waals surface area contributed by atoms with Crippen LogP contribution in [0, 0.1) is 0 Å². The van der Waals surface area contributed by atoms with Gasteiger partial charge in [-0.15, -0.1) is 0 Å². The van der Waals surface area contributed by atoms with Crippen LogP contribution in [0.3, 0.4) is 0 Å². The fourth-order valence-corrected chi connectivity index (χ4v) is 2.23. The normalized spacial score (nSPS) is 10.7. The summed E-state index contributed by atoms with van der Waals surface area (Å²) in [6.07, 6.45) is 4.06. The lowest BCUT2D eigenvalue weighted by molar-refractivity contribution is -0.120. The minimum atomic E-state index is -0.0478. The molecule has 2 aromatic heterocycles. The van der Waals surface area contributed by atoms with Gasteiger partial charge in [-0.3, -0.25) is 4.79 Å². The van der Waals surface area contributed by atoms with E-state index in [9.17, 15) is 4.79 Å². The molecule has 2 heterocycles. The number of benzene rings is 1. The molecule has 0 spiro atoms. The monoisotopic (exact) mass is 299 g/mol. The van der Waals surface area contributed by atoms with Crippen molar-refractivity contribution in [3.8, 4) is 0 Å². The van der Waals surface area contributed by atoms with Gasteiger partial charge in [0.2, 0.25) is 5.91 Å². The number of halogens is 1. The highest BCUT2D eigenvalue weighted by atomic mass is 35.5. The number of carbonyl (C=O) groups is 1. The van der Waals surface area contributed by atoms with Crippen molar-refractivity contribution < 1.29 is 4.79 Å². The summed E-state index contributed by atoms with van der Waals surface area (Å²) in [6.45, 7) is 0.489. The Hall–Kier alpha value is -2.33. The molecule has 0 unspecified atom stereocenters. The quantitative estimate of drug-likeness (QED) is 0.805. The summed E-state index contributed by atoms with van der Waals surface area (Å²) < 4.78 is 1.90. The topological polar surface area (TPSA) is 46.4 Å². The predicted molar refractivity (Wildman–Crippen MR) is 82.2 cm³/mol. The van der Waals surface area contributed by atoms with Crippen molar-refractivity contribution in [2.24, 2.45) is 0 Å². The zero-order valence-electron chi connectivity index (χ0n) is 11.3. The number of rotatable bonds is 4. The van der Waals surface area contributed by atoms with Gasteiger partial charge in [0.1, 0.15) is 5.65 Å². The van der Waals surface area contributed by atoms with E-state index < -0.39 is 0 Å². The van der Waals surface area contributed by atoms with Crippen LogP contribution in [0.5, 0.6) is 0 Å². The molecule has 3 rings (SSSR count). The largest absolute Gasteiger partial charge is 0.352 e. The number of fused-ring (bicyclic) bond motifs is 1. The van der Waals surface area contributed by atoms with Crippen LogP contribution in [0.4, 0.5) is 0 Å². The van der Waals surface area contributed by atoms with Crippen LogP contribution in [0.1, 0.15) is 11.3 Å². The van der Waals surface area contributed by atoms with Crippen molar-refractivity contribution in [3.63, 3.8) is 0 Å². The molecule has 0 radical (unpaired) electrons. The standard InChI is InChI=1S/C16H14ClN3O/c17-13-6-4-12(5-7-13)10-18-16(21)9-14-11-20-8-2-1-3-15(20)19-14/h1-8,11H,9-10H2,(H,18,21). The molecule has 0 aliphatic heterocycles. The second-order valence-electron chi connectivity index (χ2n) is 4.78. The van der Waals surface area contributed by atoms with E-state index in [1.165, 1.54) is 0 Å². The third kappa shape index (κ3) is 3.41. The molecule has 0 bridgehead atoms. The van der Waals surface area contributed by atoms with Crippen LogP contribution >= 0.6 is 11.6 Å². The van der Waals surface area contributed by atoms with Crippen LogP contribution < -0.4 is 5.32 Å². The Morgan fingerprint density at radius 2 is 2.00 bits per heavy atom. The maximum atomic E-state index is 11.9. The van der Waals surface area contributed by atoms with Crippen molar-refractivity contribution in [3.05, 3.63) is 71.1 Å². The zero-order chi connectivity index (χ0) is 14.7. The van der Waals surface area contributed by atoms with Gasteiger partial charge in [-0.05, 0) is 29.8 Å². The third-order valence-corrected chi connectivity index (χ3v) is 3.41. The van der Waals surface area contributed by atoms with E-state index in [-0.39, 0.29) is 12.3 Å². The molecule has 1 amide bonds. The molecule has 0 aliphatic carbocycles. The highest BCUT2D eigenvalue weighted by molar-refractivity contribution is 6.30. The summed E-state index contributed by atoms with van der Waals surface area (Å²) in [4.78, 5) is 16.3. The fourth-order valence-electron chi connectivity index (χ4n) is 2.10. The maximum absolute atomic E-state index is 11.9. The number of pyridine rings is 1. The Kier molecular flexibility index (Phi) is 3.88. The van der Waals surface area contributed by atoms with E-state index >= 15 is 0 Å². The highest BCUT2D eigenvalue weighted by Gasteiger charge is 2.07. The molecule has 1 aromatic carbocycles. The van der Waals surface area contributed by atoms with E-state index in [0.29, 0.717) is 11.6 Å². The molecule has 0 saturated heterocycles. The second kappa shape index (κ2) is 5.97. The molecule has 4 nitrogen and oxygen atoms in total. The van der Waals surface area contributed by atoms with Crippen molar-refractivity contribution in [2.45, 2.75) is 13.0 Å². The summed E-state index contributed by atoms with van der Waals surface area (Å²) in [5.74, 6) is -0.0478. The van der Waals surface area contributed by atoms with Gasteiger partial charge < -0.3 is 9.72 Å².